The van der Waals surface area contributed by atoms with Crippen molar-refractivity contribution in [3.63, 3.8) is 0 Å². The summed E-state index contributed by atoms with van der Waals surface area (Å²) in [5.74, 6) is 1.57. The second-order valence-corrected chi connectivity index (χ2v) is 5.54. The van der Waals surface area contributed by atoms with Crippen LogP contribution in [-0.4, -0.2) is 38.7 Å². The fourth-order valence-electron chi connectivity index (χ4n) is 2.86. The van der Waals surface area contributed by atoms with Crippen LogP contribution in [0.1, 0.15) is 12.8 Å². The molecule has 4 heterocycles. The van der Waals surface area contributed by atoms with Gasteiger partial charge in [-0.2, -0.15) is 5.10 Å². The molecule has 112 valence electrons. The summed E-state index contributed by atoms with van der Waals surface area (Å²) >= 11 is 0. The van der Waals surface area contributed by atoms with Crippen LogP contribution in [0.3, 0.4) is 0 Å². The van der Waals surface area contributed by atoms with Crippen LogP contribution in [-0.2, 0) is 0 Å². The molecular formula is C16H18N6. The molecule has 0 radical (unpaired) electrons. The highest BCUT2D eigenvalue weighted by molar-refractivity contribution is 5.75. The molecule has 6 heteroatoms. The molecular weight excluding hydrogens is 276 g/mol. The highest BCUT2D eigenvalue weighted by Gasteiger charge is 2.14. The molecule has 0 amide bonds. The number of hydrogen-bond acceptors (Lipinski definition) is 5. The average molecular weight is 294 g/mol. The van der Waals surface area contributed by atoms with Crippen LogP contribution in [0.15, 0.2) is 42.9 Å². The monoisotopic (exact) mass is 294 g/mol. The Morgan fingerprint density at radius 2 is 2.27 bits per heavy atom. The van der Waals surface area contributed by atoms with Gasteiger partial charge in [-0.25, -0.2) is 14.5 Å². The largest absolute Gasteiger partial charge is 0.366 e. The van der Waals surface area contributed by atoms with Gasteiger partial charge in [0.1, 0.15) is 5.82 Å². The molecule has 1 aliphatic rings. The van der Waals surface area contributed by atoms with Crippen molar-refractivity contribution >= 4 is 11.3 Å². The normalized spacial score (nSPS) is 18.5. The van der Waals surface area contributed by atoms with Crippen LogP contribution in [0.4, 0.5) is 5.82 Å². The Balaban J connectivity index is 1.63. The summed E-state index contributed by atoms with van der Waals surface area (Å²) < 4.78 is 1.84. The summed E-state index contributed by atoms with van der Waals surface area (Å²) in [6.45, 7) is 2.09. The number of rotatable bonds is 3. The van der Waals surface area contributed by atoms with Crippen LogP contribution in [0.2, 0.25) is 0 Å². The van der Waals surface area contributed by atoms with E-state index in [9.17, 15) is 0 Å². The van der Waals surface area contributed by atoms with E-state index < -0.39 is 0 Å². The summed E-state index contributed by atoms with van der Waals surface area (Å²) in [6, 6.07) is 8.33. The van der Waals surface area contributed by atoms with Crippen molar-refractivity contribution in [1.29, 1.82) is 0 Å². The Morgan fingerprint density at radius 1 is 1.27 bits per heavy atom. The number of fused-ring (bicyclic) bond motifs is 1. The first-order valence-electron chi connectivity index (χ1n) is 7.63. The van der Waals surface area contributed by atoms with E-state index in [1.807, 2.05) is 41.2 Å². The third-order valence-corrected chi connectivity index (χ3v) is 3.97. The summed E-state index contributed by atoms with van der Waals surface area (Å²) in [6.07, 6.45) is 7.91. The summed E-state index contributed by atoms with van der Waals surface area (Å²) in [5, 5.41) is 11.2. The minimum Gasteiger partial charge on any atom is -0.366 e. The molecule has 6 nitrogen and oxygen atoms in total. The Bertz CT molecular complexity index is 775. The fourth-order valence-corrected chi connectivity index (χ4v) is 2.86. The standard InChI is InChI=1S/C16H18N6/c1-2-9-22-14(5-1)13(11-19-22)16-18-8-6-15(21-16)20-12-4-3-7-17-10-12/h1-2,5-6,8-9,11-12,17H,3-4,7,10H2,(H,18,20,21)/t12-/m1/s1. The van der Waals surface area contributed by atoms with Gasteiger partial charge in [0.15, 0.2) is 5.82 Å². The van der Waals surface area contributed by atoms with E-state index in [-0.39, 0.29) is 0 Å². The molecule has 0 bridgehead atoms. The zero-order valence-electron chi connectivity index (χ0n) is 12.2. The Morgan fingerprint density at radius 3 is 3.18 bits per heavy atom. The molecule has 0 saturated carbocycles. The van der Waals surface area contributed by atoms with Crippen LogP contribution < -0.4 is 10.6 Å². The predicted molar refractivity (Wildman–Crippen MR) is 85.7 cm³/mol. The van der Waals surface area contributed by atoms with Crippen LogP contribution in [0.5, 0.6) is 0 Å². The van der Waals surface area contributed by atoms with E-state index in [4.69, 9.17) is 0 Å². The minimum atomic E-state index is 0.431. The van der Waals surface area contributed by atoms with E-state index in [0.29, 0.717) is 11.9 Å². The van der Waals surface area contributed by atoms with Crippen molar-refractivity contribution < 1.29 is 0 Å². The van der Waals surface area contributed by atoms with Gasteiger partial charge in [0.2, 0.25) is 0 Å². The van der Waals surface area contributed by atoms with Crippen molar-refractivity contribution in [2.45, 2.75) is 18.9 Å². The topological polar surface area (TPSA) is 67.1 Å². The lowest BCUT2D eigenvalue weighted by Crippen LogP contribution is -2.38. The number of nitrogens with zero attached hydrogens (tertiary/aromatic N) is 4. The van der Waals surface area contributed by atoms with E-state index in [1.54, 1.807) is 6.20 Å². The molecule has 3 aromatic heterocycles. The number of pyridine rings is 1. The third kappa shape index (κ3) is 2.53. The number of aromatic nitrogens is 4. The van der Waals surface area contributed by atoms with Gasteiger partial charge in [-0.05, 0) is 37.6 Å². The summed E-state index contributed by atoms with van der Waals surface area (Å²) in [5.41, 5.74) is 1.96. The zero-order chi connectivity index (χ0) is 14.8. The van der Waals surface area contributed by atoms with Gasteiger partial charge < -0.3 is 10.6 Å². The Kier molecular flexibility index (Phi) is 3.44. The summed E-state index contributed by atoms with van der Waals surface area (Å²) in [7, 11) is 0. The maximum atomic E-state index is 4.66. The first-order valence-corrected chi connectivity index (χ1v) is 7.63. The average Bonchev–Trinajstić information content (AvgIpc) is 3.00. The quantitative estimate of drug-likeness (QED) is 0.773. The van der Waals surface area contributed by atoms with Gasteiger partial charge in [0.25, 0.3) is 0 Å². The van der Waals surface area contributed by atoms with Crippen molar-refractivity contribution in [1.82, 2.24) is 24.9 Å². The van der Waals surface area contributed by atoms with E-state index in [0.717, 1.165) is 30.0 Å². The Labute approximate surface area is 128 Å². The lowest BCUT2D eigenvalue weighted by Gasteiger charge is -2.24. The minimum absolute atomic E-state index is 0.431. The zero-order valence-corrected chi connectivity index (χ0v) is 12.2. The fraction of sp³-hybridized carbons (Fsp3) is 0.312. The highest BCUT2D eigenvalue weighted by Crippen LogP contribution is 2.22. The van der Waals surface area contributed by atoms with Gasteiger partial charge >= 0.3 is 0 Å². The number of piperidine rings is 1. The lowest BCUT2D eigenvalue weighted by atomic mass is 10.1. The SMILES string of the molecule is c1ccn2ncc(-c3nccc(N[C@@H]4CCCNC4)n3)c2c1. The van der Waals surface area contributed by atoms with Crippen LogP contribution >= 0.6 is 0 Å². The number of anilines is 1. The van der Waals surface area contributed by atoms with Crippen molar-refractivity contribution in [2.24, 2.45) is 0 Å². The molecule has 1 saturated heterocycles. The first kappa shape index (κ1) is 13.2. The number of hydrogen-bond donors (Lipinski definition) is 2. The highest BCUT2D eigenvalue weighted by atomic mass is 15.2. The second-order valence-electron chi connectivity index (χ2n) is 5.54. The first-order chi connectivity index (χ1) is 10.9. The van der Waals surface area contributed by atoms with E-state index in [2.05, 4.69) is 25.7 Å². The maximum absolute atomic E-state index is 4.66. The maximum Gasteiger partial charge on any atom is 0.165 e. The molecule has 0 unspecified atom stereocenters. The van der Waals surface area contributed by atoms with Gasteiger partial charge in [-0.3, -0.25) is 0 Å². The number of nitrogens with one attached hydrogen (secondary N) is 2. The molecule has 0 aliphatic carbocycles. The molecule has 22 heavy (non-hydrogen) atoms. The molecule has 1 atom stereocenters. The summed E-state index contributed by atoms with van der Waals surface area (Å²) in [4.78, 5) is 9.06. The van der Waals surface area contributed by atoms with Gasteiger partial charge in [-0.1, -0.05) is 6.07 Å². The van der Waals surface area contributed by atoms with E-state index in [1.165, 1.54) is 12.8 Å². The van der Waals surface area contributed by atoms with Crippen molar-refractivity contribution in [2.75, 3.05) is 18.4 Å². The lowest BCUT2D eigenvalue weighted by molar-refractivity contribution is 0.479. The molecule has 1 aliphatic heterocycles. The smallest absolute Gasteiger partial charge is 0.165 e. The van der Waals surface area contributed by atoms with E-state index >= 15 is 0 Å². The molecule has 0 spiro atoms. The van der Waals surface area contributed by atoms with Gasteiger partial charge in [-0.15, -0.1) is 0 Å². The Hall–Kier alpha value is -2.47. The third-order valence-electron chi connectivity index (χ3n) is 3.97. The molecule has 2 N–H and O–H groups in total. The van der Waals surface area contributed by atoms with Gasteiger partial charge in [0.05, 0.1) is 17.3 Å². The predicted octanol–water partition coefficient (Wildman–Crippen LogP) is 1.96. The van der Waals surface area contributed by atoms with Crippen molar-refractivity contribution in [3.8, 4) is 11.4 Å². The molecule has 1 fully saturated rings. The van der Waals surface area contributed by atoms with Crippen LogP contribution in [0, 0.1) is 0 Å². The van der Waals surface area contributed by atoms with Crippen LogP contribution in [0.25, 0.3) is 16.9 Å². The second kappa shape index (κ2) is 5.73. The molecule has 0 aromatic carbocycles. The van der Waals surface area contributed by atoms with Crippen molar-refractivity contribution in [3.05, 3.63) is 42.9 Å². The van der Waals surface area contributed by atoms with Gasteiger partial charge in [0, 0.05) is 25.0 Å². The molecule has 4 rings (SSSR count). The molecule has 3 aromatic rings.